The van der Waals surface area contributed by atoms with Gasteiger partial charge in [0.25, 0.3) is 0 Å². The van der Waals surface area contributed by atoms with Crippen LogP contribution in [-0.2, 0) is 5.60 Å². The molecule has 0 radical (unpaired) electrons. The second kappa shape index (κ2) is 9.59. The minimum Gasteiger partial charge on any atom is -0.396 e. The molecule has 0 unspecified atom stereocenters. The van der Waals surface area contributed by atoms with Gasteiger partial charge < -0.3 is 15.1 Å². The second-order valence-corrected chi connectivity index (χ2v) is 7.68. The van der Waals surface area contributed by atoms with Crippen molar-refractivity contribution in [2.24, 2.45) is 5.92 Å². The lowest BCUT2D eigenvalue weighted by Crippen LogP contribution is -2.44. The van der Waals surface area contributed by atoms with Gasteiger partial charge in [0.1, 0.15) is 17.2 Å². The van der Waals surface area contributed by atoms with Gasteiger partial charge in [-0.3, -0.25) is 0 Å². The lowest BCUT2D eigenvalue weighted by atomic mass is 9.72. The average molecular weight is 389 g/mol. The van der Waals surface area contributed by atoms with E-state index in [2.05, 4.69) is 4.90 Å². The molecule has 3 rings (SSSR count). The van der Waals surface area contributed by atoms with Crippen LogP contribution in [0.5, 0.6) is 0 Å². The molecule has 1 aliphatic rings. The van der Waals surface area contributed by atoms with Crippen LogP contribution >= 0.6 is 0 Å². The molecule has 0 bridgehead atoms. The van der Waals surface area contributed by atoms with E-state index < -0.39 is 5.60 Å². The minimum atomic E-state index is -1.27. The maximum atomic E-state index is 13.4. The molecule has 2 N–H and O–H groups in total. The fraction of sp³-hybridized carbons (Fsp3) is 0.478. The van der Waals surface area contributed by atoms with Gasteiger partial charge in [-0.15, -0.1) is 0 Å². The van der Waals surface area contributed by atoms with Gasteiger partial charge in [-0.1, -0.05) is 24.3 Å². The van der Waals surface area contributed by atoms with E-state index in [0.717, 1.165) is 51.7 Å². The molecule has 0 aromatic heterocycles. The van der Waals surface area contributed by atoms with Gasteiger partial charge in [-0.25, -0.2) is 8.78 Å². The summed E-state index contributed by atoms with van der Waals surface area (Å²) in [4.78, 5) is 2.39. The van der Waals surface area contributed by atoms with Gasteiger partial charge in [0, 0.05) is 6.61 Å². The molecule has 3 nitrogen and oxygen atoms in total. The highest BCUT2D eigenvalue weighted by atomic mass is 19.1. The number of halogens is 2. The number of aliphatic hydroxyl groups excluding tert-OH is 1. The summed E-state index contributed by atoms with van der Waals surface area (Å²) in [5.74, 6) is -0.720. The fourth-order valence-corrected chi connectivity index (χ4v) is 4.24. The van der Waals surface area contributed by atoms with Crippen molar-refractivity contribution in [3.05, 3.63) is 71.3 Å². The Morgan fingerprint density at radius 1 is 0.821 bits per heavy atom. The molecule has 2 aromatic carbocycles. The molecular weight excluding hydrogens is 360 g/mol. The van der Waals surface area contributed by atoms with Crippen LogP contribution in [0.4, 0.5) is 8.78 Å². The molecule has 0 atom stereocenters. The maximum absolute atomic E-state index is 13.4. The Labute approximate surface area is 165 Å². The van der Waals surface area contributed by atoms with Crippen molar-refractivity contribution < 1.29 is 19.0 Å². The van der Waals surface area contributed by atoms with Gasteiger partial charge >= 0.3 is 0 Å². The zero-order chi connectivity index (χ0) is 20.0. The van der Waals surface area contributed by atoms with E-state index >= 15 is 0 Å². The maximum Gasteiger partial charge on any atom is 0.123 e. The summed E-state index contributed by atoms with van der Waals surface area (Å²) in [6.07, 6.45) is 4.54. The van der Waals surface area contributed by atoms with Crippen molar-refractivity contribution in [1.82, 2.24) is 4.90 Å². The Kier molecular flexibility index (Phi) is 7.16. The van der Waals surface area contributed by atoms with E-state index in [1.165, 1.54) is 24.3 Å². The van der Waals surface area contributed by atoms with E-state index in [4.69, 9.17) is 5.11 Å². The second-order valence-electron chi connectivity index (χ2n) is 7.68. The summed E-state index contributed by atoms with van der Waals surface area (Å²) in [7, 11) is 0. The van der Waals surface area contributed by atoms with Crippen molar-refractivity contribution in [2.45, 2.75) is 37.7 Å². The standard InChI is InChI=1S/C23H29F2NO2/c24-21-8-4-18(5-9-21)23(28,19-6-10-22(25)11-7-19)20-12-15-26(16-13-20)14-2-1-3-17-27/h4-11,20,27-28H,1-3,12-17H2. The van der Waals surface area contributed by atoms with Crippen LogP contribution in [0.2, 0.25) is 0 Å². The van der Waals surface area contributed by atoms with Crippen LogP contribution in [0.25, 0.3) is 0 Å². The molecule has 5 heteroatoms. The monoisotopic (exact) mass is 389 g/mol. The van der Waals surface area contributed by atoms with Gasteiger partial charge in [-0.05, 0) is 93.0 Å². The lowest BCUT2D eigenvalue weighted by molar-refractivity contribution is -0.0144. The first-order chi connectivity index (χ1) is 13.5. The number of piperidine rings is 1. The zero-order valence-electron chi connectivity index (χ0n) is 16.2. The molecule has 0 spiro atoms. The Bertz CT molecular complexity index is 680. The Morgan fingerprint density at radius 3 is 1.79 bits per heavy atom. The van der Waals surface area contributed by atoms with Gasteiger partial charge in [-0.2, -0.15) is 0 Å². The van der Waals surface area contributed by atoms with E-state index in [1.54, 1.807) is 24.3 Å². The third-order valence-electron chi connectivity index (χ3n) is 5.88. The van der Waals surface area contributed by atoms with Gasteiger partial charge in [0.05, 0.1) is 0 Å². The van der Waals surface area contributed by atoms with Crippen molar-refractivity contribution >= 4 is 0 Å². The molecule has 152 valence electrons. The predicted molar refractivity (Wildman–Crippen MR) is 106 cm³/mol. The number of hydrogen-bond donors (Lipinski definition) is 2. The molecule has 0 amide bonds. The van der Waals surface area contributed by atoms with Crippen LogP contribution in [0, 0.1) is 17.6 Å². The van der Waals surface area contributed by atoms with E-state index in [9.17, 15) is 13.9 Å². The number of hydrogen-bond acceptors (Lipinski definition) is 3. The molecule has 0 saturated carbocycles. The smallest absolute Gasteiger partial charge is 0.123 e. The first-order valence-corrected chi connectivity index (χ1v) is 10.1. The molecule has 1 heterocycles. The Hall–Kier alpha value is -1.82. The third-order valence-corrected chi connectivity index (χ3v) is 5.88. The van der Waals surface area contributed by atoms with Crippen LogP contribution in [-0.4, -0.2) is 41.4 Å². The molecular formula is C23H29F2NO2. The topological polar surface area (TPSA) is 43.7 Å². The van der Waals surface area contributed by atoms with Crippen LogP contribution in [0.15, 0.2) is 48.5 Å². The summed E-state index contributed by atoms with van der Waals surface area (Å²) >= 11 is 0. The largest absolute Gasteiger partial charge is 0.396 e. The minimum absolute atomic E-state index is 0.0304. The normalized spacial score (nSPS) is 16.4. The predicted octanol–water partition coefficient (Wildman–Crippen LogP) is 4.08. The SMILES string of the molecule is OCCCCCN1CCC(C(O)(c2ccc(F)cc2)c2ccc(F)cc2)CC1. The number of likely N-dealkylation sites (tertiary alicyclic amines) is 1. The summed E-state index contributed by atoms with van der Waals surface area (Å²) in [5.41, 5.74) is 0.00787. The number of nitrogens with zero attached hydrogens (tertiary/aromatic N) is 1. The van der Waals surface area contributed by atoms with Crippen LogP contribution in [0.3, 0.4) is 0 Å². The first-order valence-electron chi connectivity index (χ1n) is 10.1. The Balaban J connectivity index is 1.77. The van der Waals surface area contributed by atoms with Gasteiger partial charge in [0.15, 0.2) is 0 Å². The number of aliphatic hydroxyl groups is 2. The molecule has 2 aromatic rings. The third kappa shape index (κ3) is 4.77. The lowest BCUT2D eigenvalue weighted by Gasteiger charge is -2.42. The molecule has 1 fully saturated rings. The highest BCUT2D eigenvalue weighted by molar-refractivity contribution is 5.37. The summed E-state index contributed by atoms with van der Waals surface area (Å²) in [6, 6.07) is 11.9. The van der Waals surface area contributed by atoms with Crippen LogP contribution in [0.1, 0.15) is 43.2 Å². The van der Waals surface area contributed by atoms with Crippen molar-refractivity contribution in [1.29, 1.82) is 0 Å². The van der Waals surface area contributed by atoms with E-state index in [1.807, 2.05) is 0 Å². The molecule has 1 saturated heterocycles. The summed E-state index contributed by atoms with van der Waals surface area (Å²) in [5, 5.41) is 20.7. The van der Waals surface area contributed by atoms with Crippen LogP contribution < -0.4 is 0 Å². The zero-order valence-corrected chi connectivity index (χ0v) is 16.2. The number of benzene rings is 2. The first kappa shape index (κ1) is 20.9. The quantitative estimate of drug-likeness (QED) is 0.669. The number of rotatable bonds is 8. The van der Waals surface area contributed by atoms with E-state index in [-0.39, 0.29) is 24.2 Å². The molecule has 0 aliphatic carbocycles. The highest BCUT2D eigenvalue weighted by Crippen LogP contribution is 2.42. The Morgan fingerprint density at radius 2 is 1.32 bits per heavy atom. The molecule has 1 aliphatic heterocycles. The highest BCUT2D eigenvalue weighted by Gasteiger charge is 2.41. The summed E-state index contributed by atoms with van der Waals surface area (Å²) < 4.78 is 26.9. The average Bonchev–Trinajstić information content (AvgIpc) is 2.72. The number of unbranched alkanes of at least 4 members (excludes halogenated alkanes) is 2. The van der Waals surface area contributed by atoms with Crippen molar-refractivity contribution in [3.8, 4) is 0 Å². The summed E-state index contributed by atoms with van der Waals surface area (Å²) in [6.45, 7) is 3.01. The fourth-order valence-electron chi connectivity index (χ4n) is 4.24. The van der Waals surface area contributed by atoms with Crippen molar-refractivity contribution in [3.63, 3.8) is 0 Å². The van der Waals surface area contributed by atoms with Gasteiger partial charge in [0.2, 0.25) is 0 Å². The van der Waals surface area contributed by atoms with Crippen molar-refractivity contribution in [2.75, 3.05) is 26.2 Å². The van der Waals surface area contributed by atoms with E-state index in [0.29, 0.717) is 11.1 Å². The molecule has 28 heavy (non-hydrogen) atoms.